The van der Waals surface area contributed by atoms with E-state index in [9.17, 15) is 0 Å². The summed E-state index contributed by atoms with van der Waals surface area (Å²) in [5.41, 5.74) is 4.61. The molecule has 0 heterocycles. The predicted molar refractivity (Wildman–Crippen MR) is 145 cm³/mol. The maximum atomic E-state index is 2.67. The van der Waals surface area contributed by atoms with Crippen LogP contribution in [-0.2, 0) is 0 Å². The van der Waals surface area contributed by atoms with E-state index < -0.39 is 7.92 Å². The molecule has 2 fully saturated rings. The zero-order valence-corrected chi connectivity index (χ0v) is 20.5. The Morgan fingerprint density at radius 3 is 1.55 bits per heavy atom. The normalized spacial score (nSPS) is 18.3. The average Bonchev–Trinajstić information content (AvgIpc) is 3.61. The third-order valence-corrected chi connectivity index (χ3v) is 9.66. The van der Waals surface area contributed by atoms with Crippen molar-refractivity contribution in [3.63, 3.8) is 0 Å². The standard InChI is InChI=1S/C32H35P/c1-4-16-27(17-5-1)32(28-18-12-13-19-28)24-29(26-14-10-11-15-26)25-33(30-20-6-2-7-21-30)31-22-8-3-9-23-31/h1-9,16-17,20-26,28H,10-15,18-19H2. The fourth-order valence-corrected chi connectivity index (χ4v) is 7.79. The van der Waals surface area contributed by atoms with E-state index in [1.165, 1.54) is 67.5 Å². The number of rotatable bonds is 7. The molecule has 3 aromatic rings. The molecule has 2 aliphatic rings. The topological polar surface area (TPSA) is 0 Å². The van der Waals surface area contributed by atoms with E-state index in [1.54, 1.807) is 11.1 Å². The van der Waals surface area contributed by atoms with Gasteiger partial charge in [-0.25, -0.2) is 0 Å². The van der Waals surface area contributed by atoms with E-state index in [0.29, 0.717) is 11.8 Å². The van der Waals surface area contributed by atoms with Gasteiger partial charge in [0.1, 0.15) is 0 Å². The Bertz CT molecular complexity index is 1010. The molecule has 2 aliphatic carbocycles. The van der Waals surface area contributed by atoms with Gasteiger partial charge < -0.3 is 0 Å². The number of benzene rings is 3. The van der Waals surface area contributed by atoms with E-state index in [-0.39, 0.29) is 0 Å². The van der Waals surface area contributed by atoms with E-state index >= 15 is 0 Å². The Morgan fingerprint density at radius 1 is 0.576 bits per heavy atom. The van der Waals surface area contributed by atoms with Crippen LogP contribution >= 0.6 is 7.92 Å². The summed E-state index contributed by atoms with van der Waals surface area (Å²) >= 11 is 0. The summed E-state index contributed by atoms with van der Waals surface area (Å²) in [5.74, 6) is 4.08. The van der Waals surface area contributed by atoms with Crippen LogP contribution in [-0.4, -0.2) is 0 Å². The fraction of sp³-hybridized carbons (Fsp3) is 0.312. The van der Waals surface area contributed by atoms with Crippen LogP contribution in [0.1, 0.15) is 56.9 Å². The van der Waals surface area contributed by atoms with Crippen LogP contribution in [0.3, 0.4) is 0 Å². The molecule has 5 rings (SSSR count). The fourth-order valence-electron chi connectivity index (χ4n) is 5.63. The van der Waals surface area contributed by atoms with Gasteiger partial charge in [-0.2, -0.15) is 0 Å². The van der Waals surface area contributed by atoms with Crippen LogP contribution in [0.15, 0.2) is 108 Å². The maximum absolute atomic E-state index is 2.67. The molecule has 3 aromatic carbocycles. The van der Waals surface area contributed by atoms with Gasteiger partial charge in [0.25, 0.3) is 0 Å². The molecular formula is C32H35P. The molecule has 0 aliphatic heterocycles. The van der Waals surface area contributed by atoms with Gasteiger partial charge in [0.15, 0.2) is 0 Å². The first-order chi connectivity index (χ1) is 16.4. The van der Waals surface area contributed by atoms with Crippen LogP contribution in [0.25, 0.3) is 5.57 Å². The van der Waals surface area contributed by atoms with Gasteiger partial charge in [-0.1, -0.05) is 123 Å². The van der Waals surface area contributed by atoms with E-state index in [2.05, 4.69) is 103 Å². The largest absolute Gasteiger partial charge is 0.0622 e. The molecule has 2 saturated carbocycles. The summed E-state index contributed by atoms with van der Waals surface area (Å²) in [5, 5.41) is 2.90. The van der Waals surface area contributed by atoms with Gasteiger partial charge in [-0.3, -0.25) is 0 Å². The highest BCUT2D eigenvalue weighted by Gasteiger charge is 2.25. The van der Waals surface area contributed by atoms with Crippen molar-refractivity contribution in [2.75, 3.05) is 0 Å². The van der Waals surface area contributed by atoms with Crippen molar-refractivity contribution in [1.82, 2.24) is 0 Å². The van der Waals surface area contributed by atoms with Crippen LogP contribution in [0, 0.1) is 11.8 Å². The minimum Gasteiger partial charge on any atom is -0.0622 e. The van der Waals surface area contributed by atoms with Crippen LogP contribution in [0.4, 0.5) is 0 Å². The molecule has 0 spiro atoms. The monoisotopic (exact) mass is 450 g/mol. The Labute approximate surface area is 201 Å². The lowest BCUT2D eigenvalue weighted by Crippen LogP contribution is -2.11. The highest BCUT2D eigenvalue weighted by Crippen LogP contribution is 2.44. The van der Waals surface area contributed by atoms with Gasteiger partial charge in [0.2, 0.25) is 0 Å². The molecule has 0 N–H and O–H groups in total. The molecule has 0 aromatic heterocycles. The first kappa shape index (κ1) is 22.4. The first-order valence-corrected chi connectivity index (χ1v) is 14.2. The van der Waals surface area contributed by atoms with Crippen molar-refractivity contribution >= 4 is 24.1 Å². The Kier molecular flexibility index (Phi) is 7.54. The minimum absolute atomic E-state index is 0.525. The molecule has 0 unspecified atom stereocenters. The van der Waals surface area contributed by atoms with Crippen LogP contribution in [0.5, 0.6) is 0 Å². The SMILES string of the molecule is C(=C(C=C(c1ccccc1)C1CCCC1)C1CCCC1)P(c1ccccc1)c1ccccc1. The molecule has 0 saturated heterocycles. The second-order valence-electron chi connectivity index (χ2n) is 9.60. The van der Waals surface area contributed by atoms with Crippen LogP contribution < -0.4 is 10.6 Å². The Morgan fingerprint density at radius 2 is 1.03 bits per heavy atom. The molecule has 33 heavy (non-hydrogen) atoms. The lowest BCUT2D eigenvalue weighted by Gasteiger charge is -2.22. The molecule has 1 heteroatoms. The minimum atomic E-state index is -0.525. The van der Waals surface area contributed by atoms with Gasteiger partial charge in [0, 0.05) is 0 Å². The molecule has 168 valence electrons. The van der Waals surface area contributed by atoms with Gasteiger partial charge >= 0.3 is 0 Å². The van der Waals surface area contributed by atoms with Crippen molar-refractivity contribution in [1.29, 1.82) is 0 Å². The first-order valence-electron chi connectivity index (χ1n) is 12.8. The highest BCUT2D eigenvalue weighted by molar-refractivity contribution is 7.75. The third kappa shape index (κ3) is 5.56. The summed E-state index contributed by atoms with van der Waals surface area (Å²) in [6, 6.07) is 33.5. The van der Waals surface area contributed by atoms with Crippen LogP contribution in [0.2, 0.25) is 0 Å². The smallest absolute Gasteiger partial charge is 0.0156 e. The zero-order chi connectivity index (χ0) is 22.3. The van der Waals surface area contributed by atoms with Gasteiger partial charge in [-0.15, -0.1) is 0 Å². The van der Waals surface area contributed by atoms with Crippen molar-refractivity contribution < 1.29 is 0 Å². The molecule has 0 amide bonds. The molecule has 0 bridgehead atoms. The molecular weight excluding hydrogens is 415 g/mol. The highest BCUT2D eigenvalue weighted by atomic mass is 31.1. The van der Waals surface area contributed by atoms with Crippen molar-refractivity contribution in [3.8, 4) is 0 Å². The van der Waals surface area contributed by atoms with E-state index in [0.717, 1.165) is 0 Å². The maximum Gasteiger partial charge on any atom is -0.0156 e. The van der Waals surface area contributed by atoms with Gasteiger partial charge in [0.05, 0.1) is 0 Å². The number of hydrogen-bond donors (Lipinski definition) is 0. The quantitative estimate of drug-likeness (QED) is 0.250. The summed E-state index contributed by atoms with van der Waals surface area (Å²) < 4.78 is 0. The number of allylic oxidation sites excluding steroid dienone is 3. The third-order valence-electron chi connectivity index (χ3n) is 7.40. The Balaban J connectivity index is 1.63. The predicted octanol–water partition coefficient (Wildman–Crippen LogP) is 8.47. The summed E-state index contributed by atoms with van der Waals surface area (Å²) in [6.45, 7) is 0. The second-order valence-corrected chi connectivity index (χ2v) is 11.6. The molecule has 0 radical (unpaired) electrons. The van der Waals surface area contributed by atoms with Crippen molar-refractivity contribution in [2.45, 2.75) is 51.4 Å². The Hall–Kier alpha value is -2.43. The lowest BCUT2D eigenvalue weighted by atomic mass is 9.87. The summed E-state index contributed by atoms with van der Waals surface area (Å²) in [6.07, 6.45) is 13.5. The second kappa shape index (κ2) is 11.1. The zero-order valence-electron chi connectivity index (χ0n) is 19.6. The molecule has 0 atom stereocenters. The summed E-state index contributed by atoms with van der Waals surface area (Å²) in [7, 11) is -0.525. The summed E-state index contributed by atoms with van der Waals surface area (Å²) in [4.78, 5) is 0. The van der Waals surface area contributed by atoms with Gasteiger partial charge in [-0.05, 0) is 78.6 Å². The van der Waals surface area contributed by atoms with Crippen molar-refractivity contribution in [3.05, 3.63) is 114 Å². The van der Waals surface area contributed by atoms with E-state index in [4.69, 9.17) is 0 Å². The average molecular weight is 451 g/mol. The molecule has 0 nitrogen and oxygen atoms in total. The lowest BCUT2D eigenvalue weighted by molar-refractivity contribution is 0.654. The van der Waals surface area contributed by atoms with Crippen molar-refractivity contribution in [2.24, 2.45) is 11.8 Å². The number of hydrogen-bond acceptors (Lipinski definition) is 0. The van der Waals surface area contributed by atoms with E-state index in [1.807, 2.05) is 0 Å².